The van der Waals surface area contributed by atoms with Crippen LogP contribution in [-0.4, -0.2) is 9.13 Å². The zero-order valence-electron chi connectivity index (χ0n) is 44.8. The summed E-state index contributed by atoms with van der Waals surface area (Å²) in [6.07, 6.45) is -10.3. The van der Waals surface area contributed by atoms with E-state index in [1.807, 2.05) is 120 Å². The van der Waals surface area contributed by atoms with E-state index in [-0.39, 0.29) is 17.2 Å². The van der Waals surface area contributed by atoms with Crippen molar-refractivity contribution in [1.82, 2.24) is 9.13 Å². The summed E-state index contributed by atoms with van der Waals surface area (Å²) >= 11 is 0. The van der Waals surface area contributed by atoms with Gasteiger partial charge < -0.3 is 9.13 Å². The Bertz CT molecular complexity index is 4940. The fraction of sp³-hybridized carbons (Fsp3) is 0.0274. The first kappa shape index (κ1) is 53.4. The molecule has 0 atom stereocenters. The fourth-order valence-corrected chi connectivity index (χ4v) is 11.6. The Hall–Kier alpha value is -12.0. The zero-order valence-corrected chi connectivity index (χ0v) is 44.8. The number of nitrogens with zero attached hydrogens (tertiary/aromatic N) is 7. The summed E-state index contributed by atoms with van der Waals surface area (Å²) in [7, 11) is 0. The molecule has 0 aliphatic carbocycles. The van der Waals surface area contributed by atoms with Crippen LogP contribution >= 0.6 is 0 Å². The molecule has 0 N–H and O–H groups in total. The molecule has 13 aromatic rings. The minimum Gasteiger partial charge on any atom is -0.309 e. The number of halogens is 6. The van der Waals surface area contributed by atoms with Crippen molar-refractivity contribution < 1.29 is 26.3 Å². The molecule has 13 rings (SSSR count). The van der Waals surface area contributed by atoms with Gasteiger partial charge in [0, 0.05) is 32.7 Å². The van der Waals surface area contributed by atoms with E-state index >= 15 is 13.2 Å². The number of hydrogen-bond acceptors (Lipinski definition) is 5. The van der Waals surface area contributed by atoms with Crippen molar-refractivity contribution in [2.75, 3.05) is 0 Å². The molecule has 0 fully saturated rings. The molecule has 0 saturated heterocycles. The van der Waals surface area contributed by atoms with E-state index in [2.05, 4.69) is 47.0 Å². The molecule has 0 aliphatic heterocycles. The largest absolute Gasteiger partial charge is 0.417 e. The van der Waals surface area contributed by atoms with Gasteiger partial charge in [-0.25, -0.2) is 0 Å². The minimum absolute atomic E-state index is 0.0382. The predicted molar refractivity (Wildman–Crippen MR) is 321 cm³/mol. The first-order valence-electron chi connectivity index (χ1n) is 26.8. The summed E-state index contributed by atoms with van der Waals surface area (Å²) < 4.78 is 92.5. The molecule has 7 nitrogen and oxygen atoms in total. The molecule has 11 aromatic carbocycles. The molecule has 0 unspecified atom stereocenters. The first-order chi connectivity index (χ1) is 41.6. The summed E-state index contributed by atoms with van der Waals surface area (Å²) in [5.41, 5.74) is 9.92. The SMILES string of the molecule is N#Cc1ccc(-c2ccc3c(c2)c2cc(-c4ccc(C#N)cc4)ccc2n3-c2ccc(C#N)cc2-c2ccc(-c3ccc(C(F)(F)F)cc3C(F)(F)F)cc2-n2c3ccc(-c4ccc(C#N)cc4)cc3c3cc(-c4ccc(C#N)cc4)ccc32)cc1. The first-order valence-corrected chi connectivity index (χ1v) is 26.8. The lowest BCUT2D eigenvalue weighted by atomic mass is 9.92. The quantitative estimate of drug-likeness (QED) is 0.140. The lowest BCUT2D eigenvalue weighted by Gasteiger charge is -2.21. The standard InChI is InChI=1S/C73H37F6N7/c74-72(75,76)57-23-25-58(65(37-57)73(77,78)79)56-18-24-59(71(36-56)86-69-29-21-54(50-14-5-45(40-82)6-15-50)34-63(69)64-35-55(22-30-70(64)86)51-16-7-46(41-83)8-17-51)60-31-47(42-84)9-26-66(60)85-67-27-19-52(48-10-1-43(38-80)2-11-48)32-61(67)62-33-53(20-28-68(62)85)49-12-3-44(39-81)4-13-49/h1-37H. The van der Waals surface area contributed by atoms with Crippen molar-refractivity contribution in [3.63, 3.8) is 0 Å². The topological polar surface area (TPSA) is 129 Å². The summed E-state index contributed by atoms with van der Waals surface area (Å²) in [6, 6.07) is 74.9. The zero-order chi connectivity index (χ0) is 59.6. The van der Waals surface area contributed by atoms with Gasteiger partial charge in [-0.1, -0.05) is 91.0 Å². The van der Waals surface area contributed by atoms with Crippen molar-refractivity contribution in [2.24, 2.45) is 0 Å². The van der Waals surface area contributed by atoms with Crippen molar-refractivity contribution in [1.29, 1.82) is 26.3 Å². The monoisotopic (exact) mass is 1130 g/mol. The van der Waals surface area contributed by atoms with Crippen LogP contribution in [0.5, 0.6) is 0 Å². The molecule has 0 amide bonds. The van der Waals surface area contributed by atoms with E-state index in [9.17, 15) is 39.5 Å². The second kappa shape index (κ2) is 20.8. The molecule has 0 aliphatic rings. The average Bonchev–Trinajstić information content (AvgIpc) is 1.67. The van der Waals surface area contributed by atoms with Gasteiger partial charge >= 0.3 is 12.4 Å². The molecule has 86 heavy (non-hydrogen) atoms. The highest BCUT2D eigenvalue weighted by Gasteiger charge is 2.39. The minimum atomic E-state index is -5.21. The highest BCUT2D eigenvalue weighted by atomic mass is 19.4. The highest BCUT2D eigenvalue weighted by Crippen LogP contribution is 2.47. The van der Waals surface area contributed by atoms with Crippen molar-refractivity contribution >= 4 is 43.6 Å². The molecule has 0 spiro atoms. The van der Waals surface area contributed by atoms with Crippen molar-refractivity contribution in [2.45, 2.75) is 12.4 Å². The summed E-state index contributed by atoms with van der Waals surface area (Å²) in [4.78, 5) is 0. The molecule has 0 radical (unpaired) electrons. The second-order valence-corrected chi connectivity index (χ2v) is 20.7. The van der Waals surface area contributed by atoms with Gasteiger partial charge in [0.2, 0.25) is 0 Å². The Morgan fingerprint density at radius 3 is 0.930 bits per heavy atom. The van der Waals surface area contributed by atoms with Gasteiger partial charge in [-0.3, -0.25) is 0 Å². The van der Waals surface area contributed by atoms with Gasteiger partial charge in [-0.2, -0.15) is 52.7 Å². The van der Waals surface area contributed by atoms with E-state index < -0.39 is 29.0 Å². The van der Waals surface area contributed by atoms with Crippen LogP contribution in [-0.2, 0) is 12.4 Å². The normalized spacial score (nSPS) is 11.5. The lowest BCUT2D eigenvalue weighted by molar-refractivity contribution is -0.142. The summed E-state index contributed by atoms with van der Waals surface area (Å²) in [5.74, 6) is 0. The molecule has 0 saturated carbocycles. The number of hydrogen-bond donors (Lipinski definition) is 0. The maximum Gasteiger partial charge on any atom is 0.417 e. The molecule has 2 heterocycles. The number of fused-ring (bicyclic) bond motifs is 6. The number of alkyl halides is 6. The van der Waals surface area contributed by atoms with E-state index in [0.29, 0.717) is 61.9 Å². The van der Waals surface area contributed by atoms with Crippen molar-refractivity contribution in [3.8, 4) is 108 Å². The van der Waals surface area contributed by atoms with Crippen LogP contribution < -0.4 is 0 Å². The van der Waals surface area contributed by atoms with Crippen LogP contribution in [0.4, 0.5) is 26.3 Å². The lowest BCUT2D eigenvalue weighted by Crippen LogP contribution is -2.12. The van der Waals surface area contributed by atoms with Gasteiger partial charge in [0.15, 0.2) is 0 Å². The van der Waals surface area contributed by atoms with E-state index in [4.69, 9.17) is 0 Å². The molecular formula is C73H37F6N7. The van der Waals surface area contributed by atoms with E-state index in [1.54, 1.807) is 72.8 Å². The number of rotatable bonds is 8. The number of aromatic nitrogens is 2. The van der Waals surface area contributed by atoms with E-state index in [0.717, 1.165) is 83.2 Å². The van der Waals surface area contributed by atoms with Gasteiger partial charge in [0.05, 0.1) is 103 Å². The van der Waals surface area contributed by atoms with Crippen LogP contribution in [0, 0.1) is 56.7 Å². The Labute approximate surface area is 487 Å². The molecule has 0 bridgehead atoms. The number of benzene rings is 11. The molecule has 13 heteroatoms. The Balaban J connectivity index is 1.12. The predicted octanol–water partition coefficient (Wildman–Crippen LogP) is 19.3. The molecule has 406 valence electrons. The van der Waals surface area contributed by atoms with Crippen LogP contribution in [0.25, 0.3) is 122 Å². The Kier molecular flexibility index (Phi) is 12.9. The van der Waals surface area contributed by atoms with Gasteiger partial charge in [-0.15, -0.1) is 0 Å². The fourth-order valence-electron chi connectivity index (χ4n) is 11.6. The van der Waals surface area contributed by atoms with Crippen LogP contribution in [0.3, 0.4) is 0 Å². The Morgan fingerprint density at radius 1 is 0.256 bits per heavy atom. The van der Waals surface area contributed by atoms with Gasteiger partial charge in [0.25, 0.3) is 0 Å². The summed E-state index contributed by atoms with van der Waals surface area (Å²) in [6.45, 7) is 0. The smallest absolute Gasteiger partial charge is 0.309 e. The average molecular weight is 1130 g/mol. The maximum absolute atomic E-state index is 15.3. The van der Waals surface area contributed by atoms with Crippen LogP contribution in [0.15, 0.2) is 224 Å². The third-order valence-corrected chi connectivity index (χ3v) is 15.8. The van der Waals surface area contributed by atoms with Crippen LogP contribution in [0.1, 0.15) is 38.9 Å². The molecule has 2 aromatic heterocycles. The molecular weight excluding hydrogens is 1090 g/mol. The number of nitriles is 5. The summed E-state index contributed by atoms with van der Waals surface area (Å²) in [5, 5.41) is 52.3. The maximum atomic E-state index is 15.3. The second-order valence-electron chi connectivity index (χ2n) is 20.7. The third-order valence-electron chi connectivity index (χ3n) is 15.8. The van der Waals surface area contributed by atoms with E-state index in [1.165, 1.54) is 6.07 Å². The highest BCUT2D eigenvalue weighted by molar-refractivity contribution is 6.14. The van der Waals surface area contributed by atoms with Gasteiger partial charge in [0.1, 0.15) is 0 Å². The van der Waals surface area contributed by atoms with Crippen molar-refractivity contribution in [3.05, 3.63) is 263 Å². The Morgan fingerprint density at radius 2 is 0.581 bits per heavy atom. The van der Waals surface area contributed by atoms with Crippen LogP contribution in [0.2, 0.25) is 0 Å². The third kappa shape index (κ3) is 9.37. The van der Waals surface area contributed by atoms with Gasteiger partial charge in [-0.05, 0) is 189 Å².